The van der Waals surface area contributed by atoms with Gasteiger partial charge in [0.05, 0.1) is 19.3 Å². The number of esters is 1. The third kappa shape index (κ3) is 18.4. The third-order valence-electron chi connectivity index (χ3n) is 19.3. The summed E-state index contributed by atoms with van der Waals surface area (Å²) in [5, 5.41) is 0. The molecule has 4 nitrogen and oxygen atoms in total. The molecular weight excluding hydrogens is 797 g/mol. The molecule has 0 saturated heterocycles. The van der Waals surface area contributed by atoms with Crippen LogP contribution in [0.5, 0.6) is 0 Å². The van der Waals surface area contributed by atoms with Crippen LogP contribution in [0.3, 0.4) is 0 Å². The molecule has 0 aromatic heterocycles. The Morgan fingerprint density at radius 3 is 2.00 bits per heavy atom. The molecule has 0 aromatic carbocycles. The van der Waals surface area contributed by atoms with E-state index in [2.05, 4.69) is 53.7 Å². The molecule has 0 spiro atoms. The van der Waals surface area contributed by atoms with Crippen LogP contribution in [0.2, 0.25) is 0 Å². The van der Waals surface area contributed by atoms with Gasteiger partial charge in [-0.3, -0.25) is 4.79 Å². The third-order valence-corrected chi connectivity index (χ3v) is 19.3. The number of hydrogen-bond donors (Lipinski definition) is 0. The Bertz CT molecular complexity index is 1270. The van der Waals surface area contributed by atoms with Crippen molar-refractivity contribution in [3.05, 3.63) is 12.2 Å². The van der Waals surface area contributed by atoms with Crippen molar-refractivity contribution in [2.75, 3.05) is 26.4 Å². The Kier molecular flexibility index (Phi) is 26.0. The number of ether oxygens (including phenoxy) is 3. The van der Waals surface area contributed by atoms with Crippen molar-refractivity contribution in [2.24, 2.45) is 64.1 Å². The number of fused-ring (bicyclic) bond motifs is 5. The van der Waals surface area contributed by atoms with Crippen LogP contribution in [0, 0.1) is 64.1 Å². The minimum Gasteiger partial charge on any atom is -0.466 e. The van der Waals surface area contributed by atoms with E-state index < -0.39 is 0 Å². The summed E-state index contributed by atoms with van der Waals surface area (Å²) >= 11 is 0. The summed E-state index contributed by atoms with van der Waals surface area (Å²) in [4.78, 5) is 13.1. The molecule has 0 radical (unpaired) electrons. The number of carbonyl (C=O) groups excluding carboxylic acids is 1. The first-order chi connectivity index (χ1) is 31.6. The van der Waals surface area contributed by atoms with Gasteiger partial charge in [0.25, 0.3) is 0 Å². The standard InChI is InChI=1S/C61H110O4/c1-7-8-9-10-11-12-13-14-15-16-17-18-19-20-21-26-42-63-48-54(46-51-32-24-22-25-33-51)64-43-27-23-28-44-65-59(62)47-52-38-40-60(5)53(45-52)34-35-55-57-37-36-56(50(4)31-29-30-49(2)3)61(57,6)41-39-58(55)60/h14-15,49-58H,7-13,16-48H2,1-6H3/b15-14-/t50-,52+,53?,54?,55?,56-,57?,58?,60+,61-/m1/s1. The van der Waals surface area contributed by atoms with Crippen LogP contribution in [0.15, 0.2) is 12.2 Å². The minimum atomic E-state index is 0.0583. The maximum absolute atomic E-state index is 13.1. The summed E-state index contributed by atoms with van der Waals surface area (Å²) in [6.07, 6.45) is 52.4. The minimum absolute atomic E-state index is 0.0583. The molecule has 5 fully saturated rings. The largest absolute Gasteiger partial charge is 0.466 e. The van der Waals surface area contributed by atoms with Gasteiger partial charge in [0.1, 0.15) is 0 Å². The lowest BCUT2D eigenvalue weighted by Gasteiger charge is -2.61. The Balaban J connectivity index is 0.889. The summed E-state index contributed by atoms with van der Waals surface area (Å²) in [7, 11) is 0. The normalized spacial score (nSPS) is 30.3. The zero-order chi connectivity index (χ0) is 46.2. The molecule has 0 bridgehead atoms. The molecule has 0 aromatic rings. The van der Waals surface area contributed by atoms with Gasteiger partial charge >= 0.3 is 5.97 Å². The zero-order valence-corrected chi connectivity index (χ0v) is 44.3. The van der Waals surface area contributed by atoms with E-state index in [0.717, 1.165) is 92.8 Å². The van der Waals surface area contributed by atoms with E-state index in [1.165, 1.54) is 199 Å². The molecule has 4 heteroatoms. The van der Waals surface area contributed by atoms with Crippen LogP contribution < -0.4 is 0 Å². The van der Waals surface area contributed by atoms with Gasteiger partial charge < -0.3 is 14.2 Å². The highest BCUT2D eigenvalue weighted by Crippen LogP contribution is 2.69. The Morgan fingerprint density at radius 2 is 1.26 bits per heavy atom. The van der Waals surface area contributed by atoms with E-state index in [9.17, 15) is 4.79 Å². The first kappa shape index (κ1) is 55.1. The molecule has 5 unspecified atom stereocenters. The number of hydrogen-bond acceptors (Lipinski definition) is 4. The highest BCUT2D eigenvalue weighted by molar-refractivity contribution is 5.69. The summed E-state index contributed by atoms with van der Waals surface area (Å²) in [5.41, 5.74) is 1.06. The van der Waals surface area contributed by atoms with E-state index in [-0.39, 0.29) is 12.1 Å². The van der Waals surface area contributed by atoms with Crippen molar-refractivity contribution in [3.63, 3.8) is 0 Å². The van der Waals surface area contributed by atoms with Crippen LogP contribution in [0.4, 0.5) is 0 Å². The lowest BCUT2D eigenvalue weighted by molar-refractivity contribution is -0.148. The van der Waals surface area contributed by atoms with Crippen LogP contribution in [-0.2, 0) is 19.0 Å². The summed E-state index contributed by atoms with van der Waals surface area (Å²) < 4.78 is 18.6. The molecule has 0 heterocycles. The second-order valence-corrected chi connectivity index (χ2v) is 24.6. The molecule has 0 N–H and O–H groups in total. The molecule has 0 aliphatic heterocycles. The summed E-state index contributed by atoms with van der Waals surface area (Å²) in [5.74, 6) is 7.66. The van der Waals surface area contributed by atoms with Crippen molar-refractivity contribution in [3.8, 4) is 0 Å². The Morgan fingerprint density at radius 1 is 0.615 bits per heavy atom. The molecule has 5 aliphatic carbocycles. The van der Waals surface area contributed by atoms with Gasteiger partial charge in [-0.25, -0.2) is 0 Å². The van der Waals surface area contributed by atoms with Crippen molar-refractivity contribution < 1.29 is 19.0 Å². The van der Waals surface area contributed by atoms with E-state index >= 15 is 0 Å². The average Bonchev–Trinajstić information content (AvgIpc) is 3.66. The van der Waals surface area contributed by atoms with E-state index in [4.69, 9.17) is 14.2 Å². The average molecular weight is 908 g/mol. The molecule has 10 atom stereocenters. The fourth-order valence-electron chi connectivity index (χ4n) is 15.3. The number of unbranched alkanes of at least 4 members (excludes halogenated alkanes) is 14. The molecule has 5 rings (SSSR count). The van der Waals surface area contributed by atoms with Crippen LogP contribution in [-0.4, -0.2) is 38.5 Å². The first-order valence-corrected chi connectivity index (χ1v) is 29.6. The van der Waals surface area contributed by atoms with Gasteiger partial charge in [0.2, 0.25) is 0 Å². The highest BCUT2D eigenvalue weighted by Gasteiger charge is 2.60. The second-order valence-electron chi connectivity index (χ2n) is 24.6. The Labute approximate surface area is 404 Å². The van der Waals surface area contributed by atoms with Crippen molar-refractivity contribution in [1.82, 2.24) is 0 Å². The molecule has 5 aliphatic rings. The van der Waals surface area contributed by atoms with Gasteiger partial charge in [-0.1, -0.05) is 163 Å². The lowest BCUT2D eigenvalue weighted by Crippen LogP contribution is -2.53. The van der Waals surface area contributed by atoms with E-state index in [1.807, 2.05) is 0 Å². The van der Waals surface area contributed by atoms with E-state index in [0.29, 0.717) is 29.8 Å². The number of carbonyl (C=O) groups is 1. The van der Waals surface area contributed by atoms with Gasteiger partial charge in [0, 0.05) is 19.6 Å². The van der Waals surface area contributed by atoms with Crippen LogP contribution in [0.1, 0.15) is 273 Å². The topological polar surface area (TPSA) is 44.8 Å². The van der Waals surface area contributed by atoms with Gasteiger partial charge in [-0.05, 0) is 180 Å². The summed E-state index contributed by atoms with van der Waals surface area (Å²) in [6, 6.07) is 0. The van der Waals surface area contributed by atoms with Crippen LogP contribution in [0.25, 0.3) is 0 Å². The predicted octanol–water partition coefficient (Wildman–Crippen LogP) is 18.2. The molecule has 0 amide bonds. The molecule has 378 valence electrons. The van der Waals surface area contributed by atoms with Crippen molar-refractivity contribution in [1.29, 1.82) is 0 Å². The summed E-state index contributed by atoms with van der Waals surface area (Å²) in [6.45, 7) is 18.1. The number of rotatable bonds is 34. The van der Waals surface area contributed by atoms with Gasteiger partial charge in [-0.15, -0.1) is 0 Å². The quantitative estimate of drug-likeness (QED) is 0.0367. The SMILES string of the molecule is CCCCCCCC/C=C\CCCCCCCCOCC(CC1CCCCC1)OCCCCCOC(=O)C[C@H]1CC[C@@]2(C)C(CCC3C2CC[C@@]2(C)C3CC[C@@H]2[C@H](C)CCCC(C)C)C1. The van der Waals surface area contributed by atoms with E-state index in [1.54, 1.807) is 0 Å². The monoisotopic (exact) mass is 907 g/mol. The maximum Gasteiger partial charge on any atom is 0.306 e. The predicted molar refractivity (Wildman–Crippen MR) is 277 cm³/mol. The second kappa shape index (κ2) is 30.7. The van der Waals surface area contributed by atoms with Crippen molar-refractivity contribution in [2.45, 2.75) is 279 Å². The Hall–Kier alpha value is -0.870. The number of allylic oxidation sites excluding steroid dienone is 2. The molecule has 65 heavy (non-hydrogen) atoms. The van der Waals surface area contributed by atoms with Gasteiger partial charge in [0.15, 0.2) is 0 Å². The first-order valence-electron chi connectivity index (χ1n) is 29.6. The van der Waals surface area contributed by atoms with Crippen LogP contribution >= 0.6 is 0 Å². The molecule has 5 saturated carbocycles. The molecular formula is C61H110O4. The fraction of sp³-hybridized carbons (Fsp3) is 0.951. The zero-order valence-electron chi connectivity index (χ0n) is 44.3. The van der Waals surface area contributed by atoms with Gasteiger partial charge in [-0.2, -0.15) is 0 Å². The lowest BCUT2D eigenvalue weighted by atomic mass is 9.44. The smallest absolute Gasteiger partial charge is 0.306 e. The van der Waals surface area contributed by atoms with Crippen molar-refractivity contribution >= 4 is 5.97 Å². The highest BCUT2D eigenvalue weighted by atomic mass is 16.5. The maximum atomic E-state index is 13.1. The fourth-order valence-corrected chi connectivity index (χ4v) is 15.3.